The van der Waals surface area contributed by atoms with Gasteiger partial charge in [0.2, 0.25) is 5.89 Å². The smallest absolute Gasteiger partial charge is 0.269 e. The number of aromatic nitrogens is 1. The molecular formula is C11H15N3O2. The quantitative estimate of drug-likeness (QED) is 0.778. The molecule has 0 aliphatic carbocycles. The normalized spacial score (nSPS) is 12.1. The third kappa shape index (κ3) is 3.34. The van der Waals surface area contributed by atoms with Crippen LogP contribution in [0.1, 0.15) is 18.6 Å². The van der Waals surface area contributed by atoms with Gasteiger partial charge in [0.25, 0.3) is 5.91 Å². The molecule has 0 radical (unpaired) electrons. The number of carbonyl (C=O) groups excluding carboxylic acids is 1. The molecule has 0 aliphatic heterocycles. The summed E-state index contributed by atoms with van der Waals surface area (Å²) in [5, 5.41) is 2.67. The molecule has 0 atom stereocenters. The molecule has 0 aromatic carbocycles. The average Bonchev–Trinajstić information content (AvgIpc) is 2.68. The molecule has 1 N–H and O–H groups in total. The minimum atomic E-state index is -0.239. The van der Waals surface area contributed by atoms with Gasteiger partial charge in [0.1, 0.15) is 11.5 Å². The van der Waals surface area contributed by atoms with Crippen LogP contribution < -0.4 is 5.32 Å². The largest absolute Gasteiger partial charge is 0.444 e. The fraction of sp³-hybridized carbons (Fsp3) is 0.364. The van der Waals surface area contributed by atoms with Gasteiger partial charge in [-0.25, -0.2) is 4.98 Å². The minimum Gasteiger partial charge on any atom is -0.444 e. The maximum absolute atomic E-state index is 11.6. The number of aryl methyl sites for hydroxylation is 1. The predicted molar refractivity (Wildman–Crippen MR) is 61.3 cm³/mol. The van der Waals surface area contributed by atoms with E-state index in [1.165, 1.54) is 0 Å². The molecule has 5 nitrogen and oxygen atoms in total. The summed E-state index contributed by atoms with van der Waals surface area (Å²) in [5.74, 6) is 0.973. The highest BCUT2D eigenvalue weighted by atomic mass is 16.4. The number of hydrogen-bond acceptors (Lipinski definition) is 4. The van der Waals surface area contributed by atoms with Crippen molar-refractivity contribution in [1.29, 1.82) is 0 Å². The molecule has 16 heavy (non-hydrogen) atoms. The SMILES string of the molecule is C/C=C\C(=NC)C(=O)NCc1ncc(C)o1. The monoisotopic (exact) mass is 221 g/mol. The zero-order chi connectivity index (χ0) is 12.0. The number of carbonyl (C=O) groups is 1. The summed E-state index contributed by atoms with van der Waals surface area (Å²) < 4.78 is 5.22. The highest BCUT2D eigenvalue weighted by Crippen LogP contribution is 2.00. The third-order valence-electron chi connectivity index (χ3n) is 1.87. The van der Waals surface area contributed by atoms with Crippen molar-refractivity contribution in [2.45, 2.75) is 20.4 Å². The Balaban J connectivity index is 2.52. The van der Waals surface area contributed by atoms with Crippen molar-refractivity contribution in [2.75, 3.05) is 7.05 Å². The van der Waals surface area contributed by atoms with E-state index in [1.54, 1.807) is 32.3 Å². The van der Waals surface area contributed by atoms with Crippen molar-refractivity contribution in [1.82, 2.24) is 10.3 Å². The van der Waals surface area contributed by atoms with Crippen LogP contribution >= 0.6 is 0 Å². The van der Waals surface area contributed by atoms with E-state index < -0.39 is 0 Å². The number of nitrogens with zero attached hydrogens (tertiary/aromatic N) is 2. The Labute approximate surface area is 94.3 Å². The molecule has 1 aromatic rings. The molecular weight excluding hydrogens is 206 g/mol. The van der Waals surface area contributed by atoms with Gasteiger partial charge in [0.05, 0.1) is 12.7 Å². The van der Waals surface area contributed by atoms with Crippen molar-refractivity contribution in [2.24, 2.45) is 4.99 Å². The summed E-state index contributed by atoms with van der Waals surface area (Å²) in [6, 6.07) is 0. The molecule has 0 fully saturated rings. The van der Waals surface area contributed by atoms with Gasteiger partial charge >= 0.3 is 0 Å². The van der Waals surface area contributed by atoms with Gasteiger partial charge in [-0.15, -0.1) is 0 Å². The van der Waals surface area contributed by atoms with Gasteiger partial charge in [-0.3, -0.25) is 9.79 Å². The molecule has 5 heteroatoms. The molecule has 0 saturated heterocycles. The standard InChI is InChI=1S/C11H15N3O2/c1-4-5-9(12-3)11(15)14-7-10-13-6-8(2)16-10/h4-6H,7H2,1-3H3,(H,14,15)/b5-4-,12-9?. The van der Waals surface area contributed by atoms with E-state index in [9.17, 15) is 4.79 Å². The number of allylic oxidation sites excluding steroid dienone is 1. The molecule has 1 amide bonds. The van der Waals surface area contributed by atoms with Gasteiger partial charge in [-0.1, -0.05) is 6.08 Å². The molecule has 1 rings (SSSR count). The predicted octanol–water partition coefficient (Wildman–Crippen LogP) is 1.25. The zero-order valence-electron chi connectivity index (χ0n) is 9.65. The summed E-state index contributed by atoms with van der Waals surface area (Å²) >= 11 is 0. The first-order chi connectivity index (χ1) is 7.67. The van der Waals surface area contributed by atoms with E-state index in [0.29, 0.717) is 11.6 Å². The zero-order valence-corrected chi connectivity index (χ0v) is 9.65. The molecule has 0 bridgehead atoms. The number of aliphatic imine (C=N–C) groups is 1. The highest BCUT2D eigenvalue weighted by molar-refractivity contribution is 6.43. The highest BCUT2D eigenvalue weighted by Gasteiger charge is 2.08. The molecule has 0 saturated carbocycles. The Kier molecular flexibility index (Phi) is 4.44. The molecule has 1 aromatic heterocycles. The second kappa shape index (κ2) is 5.85. The Bertz CT molecular complexity index is 419. The Morgan fingerprint density at radius 1 is 1.69 bits per heavy atom. The van der Waals surface area contributed by atoms with Crippen LogP contribution in [0, 0.1) is 6.92 Å². The van der Waals surface area contributed by atoms with Crippen molar-refractivity contribution < 1.29 is 9.21 Å². The number of hydrogen-bond donors (Lipinski definition) is 1. The van der Waals surface area contributed by atoms with Crippen LogP contribution in [0.15, 0.2) is 27.8 Å². The van der Waals surface area contributed by atoms with Crippen molar-refractivity contribution >= 4 is 11.6 Å². The Morgan fingerprint density at radius 2 is 2.44 bits per heavy atom. The van der Waals surface area contributed by atoms with E-state index in [2.05, 4.69) is 15.3 Å². The summed E-state index contributed by atoms with van der Waals surface area (Å²) in [7, 11) is 1.57. The van der Waals surface area contributed by atoms with Crippen molar-refractivity contribution in [3.63, 3.8) is 0 Å². The first-order valence-electron chi connectivity index (χ1n) is 4.96. The number of oxazole rings is 1. The second-order valence-corrected chi connectivity index (χ2v) is 3.16. The molecule has 0 unspecified atom stereocenters. The molecule has 0 spiro atoms. The third-order valence-corrected chi connectivity index (χ3v) is 1.87. The number of nitrogens with one attached hydrogen (secondary N) is 1. The number of amides is 1. The first-order valence-corrected chi connectivity index (χ1v) is 4.96. The van der Waals surface area contributed by atoms with Gasteiger partial charge in [0.15, 0.2) is 0 Å². The van der Waals surface area contributed by atoms with Crippen LogP contribution in [0.2, 0.25) is 0 Å². The van der Waals surface area contributed by atoms with Crippen molar-refractivity contribution in [3.8, 4) is 0 Å². The van der Waals surface area contributed by atoms with Crippen LogP contribution in [0.5, 0.6) is 0 Å². The maximum atomic E-state index is 11.6. The number of rotatable bonds is 4. The summed E-state index contributed by atoms with van der Waals surface area (Å²) in [4.78, 5) is 19.4. The average molecular weight is 221 g/mol. The lowest BCUT2D eigenvalue weighted by Gasteiger charge is -2.01. The lowest BCUT2D eigenvalue weighted by atomic mass is 10.3. The van der Waals surface area contributed by atoms with E-state index in [1.807, 2.05) is 6.92 Å². The maximum Gasteiger partial charge on any atom is 0.269 e. The summed E-state index contributed by atoms with van der Waals surface area (Å²) in [6.45, 7) is 3.90. The molecule has 0 aliphatic rings. The fourth-order valence-electron chi connectivity index (χ4n) is 1.14. The summed E-state index contributed by atoms with van der Waals surface area (Å²) in [6.07, 6.45) is 5.02. The summed E-state index contributed by atoms with van der Waals surface area (Å²) in [5.41, 5.74) is 0.380. The van der Waals surface area contributed by atoms with E-state index >= 15 is 0 Å². The van der Waals surface area contributed by atoms with E-state index in [-0.39, 0.29) is 12.5 Å². The lowest BCUT2D eigenvalue weighted by molar-refractivity contribution is -0.115. The minimum absolute atomic E-state index is 0.239. The van der Waals surface area contributed by atoms with Gasteiger partial charge in [-0.05, 0) is 19.9 Å². The Morgan fingerprint density at radius 3 is 2.94 bits per heavy atom. The van der Waals surface area contributed by atoms with Crippen LogP contribution in [0.3, 0.4) is 0 Å². The molecule has 1 heterocycles. The first kappa shape index (κ1) is 12.2. The van der Waals surface area contributed by atoms with Crippen LogP contribution in [0.25, 0.3) is 0 Å². The second-order valence-electron chi connectivity index (χ2n) is 3.16. The van der Waals surface area contributed by atoms with Crippen LogP contribution in [0.4, 0.5) is 0 Å². The van der Waals surface area contributed by atoms with Gasteiger partial charge < -0.3 is 9.73 Å². The Hall–Kier alpha value is -1.91. The lowest BCUT2D eigenvalue weighted by Crippen LogP contribution is -2.29. The fourth-order valence-corrected chi connectivity index (χ4v) is 1.14. The van der Waals surface area contributed by atoms with Gasteiger partial charge in [0, 0.05) is 7.05 Å². The van der Waals surface area contributed by atoms with Crippen LogP contribution in [-0.4, -0.2) is 23.7 Å². The molecule has 86 valence electrons. The van der Waals surface area contributed by atoms with Gasteiger partial charge in [-0.2, -0.15) is 0 Å². The topological polar surface area (TPSA) is 67.5 Å². The van der Waals surface area contributed by atoms with E-state index in [4.69, 9.17) is 4.42 Å². The van der Waals surface area contributed by atoms with Crippen LogP contribution in [-0.2, 0) is 11.3 Å². The van der Waals surface area contributed by atoms with Crippen molar-refractivity contribution in [3.05, 3.63) is 30.0 Å². The van der Waals surface area contributed by atoms with E-state index in [0.717, 1.165) is 5.76 Å².